The lowest BCUT2D eigenvalue weighted by molar-refractivity contribution is -0.108. The van der Waals surface area contributed by atoms with Crippen LogP contribution in [0.4, 0.5) is 0 Å². The summed E-state index contributed by atoms with van der Waals surface area (Å²) in [7, 11) is 0. The molecule has 0 heterocycles. The lowest BCUT2D eigenvalue weighted by Gasteiger charge is -2.07. The minimum absolute atomic E-state index is 0.264. The van der Waals surface area contributed by atoms with Crippen molar-refractivity contribution in [3.8, 4) is 0 Å². The molecule has 2 bridgehead atoms. The van der Waals surface area contributed by atoms with Gasteiger partial charge in [-0.2, -0.15) is 0 Å². The molecule has 2 heteroatoms. The molecule has 2 rings (SSSR count). The van der Waals surface area contributed by atoms with E-state index < -0.39 is 0 Å². The van der Waals surface area contributed by atoms with Gasteiger partial charge in [-0.3, -0.25) is 4.79 Å². The number of hydrogen-bond donors (Lipinski definition) is 0. The first-order valence-electron chi connectivity index (χ1n) is 3.79. The van der Waals surface area contributed by atoms with Gasteiger partial charge in [0.05, 0.1) is 0 Å². The van der Waals surface area contributed by atoms with Crippen LogP contribution < -0.4 is 0 Å². The van der Waals surface area contributed by atoms with Crippen LogP contribution >= 0.6 is 11.6 Å². The third kappa shape index (κ3) is 0.875. The zero-order valence-corrected chi connectivity index (χ0v) is 7.06. The Morgan fingerprint density at radius 1 is 1.55 bits per heavy atom. The van der Waals surface area contributed by atoms with Crippen LogP contribution in [0.15, 0.2) is 23.3 Å². The molecule has 0 amide bonds. The van der Waals surface area contributed by atoms with Crippen molar-refractivity contribution in [3.05, 3.63) is 23.3 Å². The van der Waals surface area contributed by atoms with Crippen molar-refractivity contribution in [2.24, 2.45) is 11.8 Å². The molecule has 0 spiro atoms. The van der Waals surface area contributed by atoms with Gasteiger partial charge in [-0.1, -0.05) is 17.7 Å². The molecule has 0 N–H and O–H groups in total. The average molecular weight is 169 g/mol. The lowest BCUT2D eigenvalue weighted by atomic mass is 10.00. The number of hydrogen-bond acceptors (Lipinski definition) is 1. The van der Waals surface area contributed by atoms with Gasteiger partial charge >= 0.3 is 0 Å². The van der Waals surface area contributed by atoms with Crippen molar-refractivity contribution in [1.82, 2.24) is 0 Å². The standard InChI is InChI=1S/C9H9ClO/c1-5-6-2-3-7(4-6)8(5)9(10)11/h2-3,6-7H,4H2,1H3. The summed E-state index contributed by atoms with van der Waals surface area (Å²) in [5.41, 5.74) is 2.02. The summed E-state index contributed by atoms with van der Waals surface area (Å²) in [4.78, 5) is 10.9. The number of halogens is 1. The molecule has 11 heavy (non-hydrogen) atoms. The van der Waals surface area contributed by atoms with E-state index in [9.17, 15) is 4.79 Å². The molecule has 58 valence electrons. The van der Waals surface area contributed by atoms with Crippen LogP contribution in [0.25, 0.3) is 0 Å². The molecular weight excluding hydrogens is 160 g/mol. The number of carbonyl (C=O) groups excluding carboxylic acids is 1. The topological polar surface area (TPSA) is 17.1 Å². The summed E-state index contributed by atoms with van der Waals surface area (Å²) < 4.78 is 0. The van der Waals surface area contributed by atoms with Gasteiger partial charge in [-0.25, -0.2) is 0 Å². The molecular formula is C9H9ClO. The SMILES string of the molecule is CC1=C(C(=O)Cl)C2C=CC1C2. The lowest BCUT2D eigenvalue weighted by Crippen LogP contribution is -2.03. The van der Waals surface area contributed by atoms with E-state index >= 15 is 0 Å². The molecule has 2 aliphatic rings. The summed E-state index contributed by atoms with van der Waals surface area (Å²) in [6.07, 6.45) is 5.33. The van der Waals surface area contributed by atoms with Crippen LogP contribution in [-0.2, 0) is 4.79 Å². The van der Waals surface area contributed by atoms with Gasteiger partial charge in [0, 0.05) is 11.5 Å². The Balaban J connectivity index is 2.40. The Labute approximate surface area is 70.7 Å². The van der Waals surface area contributed by atoms with Gasteiger partial charge < -0.3 is 0 Å². The van der Waals surface area contributed by atoms with Crippen molar-refractivity contribution in [2.75, 3.05) is 0 Å². The summed E-state index contributed by atoms with van der Waals surface area (Å²) >= 11 is 5.44. The molecule has 0 saturated heterocycles. The molecule has 0 aromatic heterocycles. The van der Waals surface area contributed by atoms with E-state index in [1.807, 2.05) is 6.92 Å². The molecule has 2 unspecified atom stereocenters. The zero-order chi connectivity index (χ0) is 8.01. The van der Waals surface area contributed by atoms with E-state index in [1.54, 1.807) is 0 Å². The quantitative estimate of drug-likeness (QED) is 0.434. The van der Waals surface area contributed by atoms with Crippen molar-refractivity contribution in [3.63, 3.8) is 0 Å². The number of carbonyl (C=O) groups is 1. The highest BCUT2D eigenvalue weighted by Crippen LogP contribution is 2.44. The predicted molar refractivity (Wildman–Crippen MR) is 44.3 cm³/mol. The first-order chi connectivity index (χ1) is 5.20. The molecule has 0 aliphatic heterocycles. The maximum absolute atomic E-state index is 10.9. The smallest absolute Gasteiger partial charge is 0.248 e. The number of rotatable bonds is 1. The third-order valence-electron chi connectivity index (χ3n) is 2.65. The van der Waals surface area contributed by atoms with Crippen molar-refractivity contribution in [2.45, 2.75) is 13.3 Å². The molecule has 2 aliphatic carbocycles. The fraction of sp³-hybridized carbons (Fsp3) is 0.444. The van der Waals surface area contributed by atoms with Gasteiger partial charge in [-0.05, 0) is 30.9 Å². The molecule has 0 saturated carbocycles. The van der Waals surface area contributed by atoms with Gasteiger partial charge in [0.25, 0.3) is 0 Å². The average Bonchev–Trinajstić information content (AvgIpc) is 2.44. The molecule has 0 fully saturated rings. The Morgan fingerprint density at radius 3 is 2.55 bits per heavy atom. The van der Waals surface area contributed by atoms with Crippen LogP contribution in [0.1, 0.15) is 13.3 Å². The van der Waals surface area contributed by atoms with Crippen molar-refractivity contribution >= 4 is 16.8 Å². The van der Waals surface area contributed by atoms with E-state index in [0.717, 1.165) is 12.0 Å². The van der Waals surface area contributed by atoms with Gasteiger partial charge in [0.1, 0.15) is 0 Å². The second kappa shape index (κ2) is 2.21. The summed E-state index contributed by atoms with van der Waals surface area (Å²) in [6, 6.07) is 0. The first-order valence-corrected chi connectivity index (χ1v) is 4.16. The van der Waals surface area contributed by atoms with E-state index in [2.05, 4.69) is 12.2 Å². The van der Waals surface area contributed by atoms with Gasteiger partial charge in [0.15, 0.2) is 0 Å². The molecule has 2 atom stereocenters. The monoisotopic (exact) mass is 168 g/mol. The van der Waals surface area contributed by atoms with Crippen LogP contribution in [0.2, 0.25) is 0 Å². The molecule has 1 nitrogen and oxygen atoms in total. The second-order valence-electron chi connectivity index (χ2n) is 3.20. The Bertz CT molecular complexity index is 275. The number of fused-ring (bicyclic) bond motifs is 2. The fourth-order valence-electron chi connectivity index (χ4n) is 2.03. The van der Waals surface area contributed by atoms with Gasteiger partial charge in [-0.15, -0.1) is 0 Å². The number of allylic oxidation sites excluding steroid dienone is 4. The van der Waals surface area contributed by atoms with Crippen LogP contribution in [0.5, 0.6) is 0 Å². The molecule has 0 aromatic rings. The van der Waals surface area contributed by atoms with E-state index in [4.69, 9.17) is 11.6 Å². The highest BCUT2D eigenvalue weighted by atomic mass is 35.5. The van der Waals surface area contributed by atoms with Crippen LogP contribution in [0.3, 0.4) is 0 Å². The van der Waals surface area contributed by atoms with Crippen LogP contribution in [-0.4, -0.2) is 5.24 Å². The van der Waals surface area contributed by atoms with Gasteiger partial charge in [0.2, 0.25) is 5.24 Å². The van der Waals surface area contributed by atoms with E-state index in [0.29, 0.717) is 11.8 Å². The Morgan fingerprint density at radius 2 is 2.18 bits per heavy atom. The maximum Gasteiger partial charge on any atom is 0.248 e. The third-order valence-corrected chi connectivity index (χ3v) is 2.85. The summed E-state index contributed by atoms with van der Waals surface area (Å²) in [5, 5.41) is -0.264. The second-order valence-corrected chi connectivity index (χ2v) is 3.55. The Kier molecular flexibility index (Phi) is 1.43. The largest absolute Gasteiger partial charge is 0.276 e. The van der Waals surface area contributed by atoms with Crippen molar-refractivity contribution < 1.29 is 4.79 Å². The molecule has 0 radical (unpaired) electrons. The minimum atomic E-state index is -0.264. The maximum atomic E-state index is 10.9. The highest BCUT2D eigenvalue weighted by Gasteiger charge is 2.35. The van der Waals surface area contributed by atoms with Crippen molar-refractivity contribution in [1.29, 1.82) is 0 Å². The summed E-state index contributed by atoms with van der Waals surface area (Å²) in [6.45, 7) is 2.00. The zero-order valence-electron chi connectivity index (χ0n) is 6.30. The predicted octanol–water partition coefficient (Wildman–Crippen LogP) is 2.27. The van der Waals surface area contributed by atoms with Crippen LogP contribution in [0, 0.1) is 11.8 Å². The van der Waals surface area contributed by atoms with E-state index in [1.165, 1.54) is 5.57 Å². The Hall–Kier alpha value is -0.560. The van der Waals surface area contributed by atoms with E-state index in [-0.39, 0.29) is 5.24 Å². The minimum Gasteiger partial charge on any atom is -0.276 e. The first kappa shape index (κ1) is 7.11. The summed E-state index contributed by atoms with van der Waals surface area (Å²) in [5.74, 6) is 0.822. The normalized spacial score (nSPS) is 33.6. The highest BCUT2D eigenvalue weighted by molar-refractivity contribution is 6.67. The molecule has 0 aromatic carbocycles. The fourth-order valence-corrected chi connectivity index (χ4v) is 2.32.